The van der Waals surface area contributed by atoms with E-state index in [9.17, 15) is 0 Å². The van der Waals surface area contributed by atoms with Crippen molar-refractivity contribution in [1.82, 2.24) is 0 Å². The second kappa shape index (κ2) is 2.08. The molecule has 1 heteroatoms. The number of aryl methyl sites for hydroxylation is 1. The van der Waals surface area contributed by atoms with E-state index in [1.165, 1.54) is 11.1 Å². The molecule has 0 bridgehead atoms. The maximum absolute atomic E-state index is 6.09. The summed E-state index contributed by atoms with van der Waals surface area (Å²) in [7, 11) is 0. The van der Waals surface area contributed by atoms with Crippen molar-refractivity contribution < 1.29 is 0 Å². The van der Waals surface area contributed by atoms with E-state index in [0.717, 1.165) is 12.8 Å². The van der Waals surface area contributed by atoms with Gasteiger partial charge in [0, 0.05) is 5.54 Å². The van der Waals surface area contributed by atoms with Crippen LogP contribution in [0.2, 0.25) is 0 Å². The minimum Gasteiger partial charge on any atom is -0.322 e. The topological polar surface area (TPSA) is 26.0 Å². The summed E-state index contributed by atoms with van der Waals surface area (Å²) in [5.41, 5.74) is 8.78. The van der Waals surface area contributed by atoms with E-state index >= 15 is 0 Å². The molecule has 0 spiro atoms. The SMILES string of the molecule is C[C@@]1(N)CCc2ccccc21. The Kier molecular flexibility index (Phi) is 1.30. The normalized spacial score (nSPS) is 28.5. The molecule has 1 aromatic rings. The summed E-state index contributed by atoms with van der Waals surface area (Å²) in [6.45, 7) is 2.11. The zero-order valence-electron chi connectivity index (χ0n) is 6.80. The first-order chi connectivity index (χ1) is 5.20. The zero-order valence-corrected chi connectivity index (χ0v) is 6.80. The fourth-order valence-electron chi connectivity index (χ4n) is 1.82. The van der Waals surface area contributed by atoms with Crippen LogP contribution in [-0.4, -0.2) is 0 Å². The number of hydrogen-bond acceptors (Lipinski definition) is 1. The first kappa shape index (κ1) is 6.86. The average Bonchev–Trinajstić information content (AvgIpc) is 2.29. The molecule has 0 saturated carbocycles. The summed E-state index contributed by atoms with van der Waals surface area (Å²) in [6.07, 6.45) is 2.23. The summed E-state index contributed by atoms with van der Waals surface area (Å²) in [4.78, 5) is 0. The van der Waals surface area contributed by atoms with Crippen molar-refractivity contribution >= 4 is 0 Å². The largest absolute Gasteiger partial charge is 0.322 e. The Bertz CT molecular complexity index is 276. The summed E-state index contributed by atoms with van der Waals surface area (Å²) in [5, 5.41) is 0. The van der Waals surface area contributed by atoms with Crippen molar-refractivity contribution in [2.75, 3.05) is 0 Å². The van der Waals surface area contributed by atoms with Crippen molar-refractivity contribution in [3.8, 4) is 0 Å². The van der Waals surface area contributed by atoms with Crippen LogP contribution in [0.4, 0.5) is 0 Å². The minimum atomic E-state index is -0.0728. The van der Waals surface area contributed by atoms with Gasteiger partial charge in [0.25, 0.3) is 0 Å². The van der Waals surface area contributed by atoms with Gasteiger partial charge in [0.05, 0.1) is 0 Å². The molecule has 1 nitrogen and oxygen atoms in total. The number of benzene rings is 1. The first-order valence-electron chi connectivity index (χ1n) is 4.07. The highest BCUT2D eigenvalue weighted by Crippen LogP contribution is 2.33. The van der Waals surface area contributed by atoms with Crippen LogP contribution in [0.3, 0.4) is 0 Å². The van der Waals surface area contributed by atoms with Crippen molar-refractivity contribution in [3.63, 3.8) is 0 Å². The van der Waals surface area contributed by atoms with Gasteiger partial charge in [-0.2, -0.15) is 0 Å². The molecule has 2 rings (SSSR count). The lowest BCUT2D eigenvalue weighted by molar-refractivity contribution is 0.492. The van der Waals surface area contributed by atoms with Gasteiger partial charge in [0.15, 0.2) is 0 Å². The smallest absolute Gasteiger partial charge is 0.0386 e. The molecular formula is C10H13N. The van der Waals surface area contributed by atoms with Crippen LogP contribution in [0.1, 0.15) is 24.5 Å². The maximum Gasteiger partial charge on any atom is 0.0386 e. The summed E-state index contributed by atoms with van der Waals surface area (Å²) >= 11 is 0. The van der Waals surface area contributed by atoms with Gasteiger partial charge >= 0.3 is 0 Å². The van der Waals surface area contributed by atoms with Gasteiger partial charge in [-0.3, -0.25) is 0 Å². The van der Waals surface area contributed by atoms with Crippen LogP contribution < -0.4 is 5.73 Å². The predicted octanol–water partition coefficient (Wildman–Crippen LogP) is 1.81. The number of fused-ring (bicyclic) bond motifs is 1. The average molecular weight is 147 g/mol. The van der Waals surface area contributed by atoms with Crippen LogP contribution >= 0.6 is 0 Å². The van der Waals surface area contributed by atoms with Crippen LogP contribution in [0.5, 0.6) is 0 Å². The Morgan fingerprint density at radius 2 is 2.09 bits per heavy atom. The molecular weight excluding hydrogens is 134 g/mol. The number of hydrogen-bond donors (Lipinski definition) is 1. The lowest BCUT2D eigenvalue weighted by atomic mass is 9.96. The van der Waals surface area contributed by atoms with Gasteiger partial charge in [-0.05, 0) is 30.9 Å². The molecule has 1 aliphatic carbocycles. The van der Waals surface area contributed by atoms with E-state index in [4.69, 9.17) is 5.73 Å². The van der Waals surface area contributed by atoms with Gasteiger partial charge in [0.2, 0.25) is 0 Å². The highest BCUT2D eigenvalue weighted by Gasteiger charge is 2.29. The molecule has 1 atom stereocenters. The lowest BCUT2D eigenvalue weighted by Gasteiger charge is -2.18. The van der Waals surface area contributed by atoms with Gasteiger partial charge in [-0.1, -0.05) is 24.3 Å². The third-order valence-corrected chi connectivity index (χ3v) is 2.55. The van der Waals surface area contributed by atoms with Gasteiger partial charge < -0.3 is 5.73 Å². The zero-order chi connectivity index (χ0) is 7.90. The Labute approximate surface area is 67.2 Å². The third-order valence-electron chi connectivity index (χ3n) is 2.55. The van der Waals surface area contributed by atoms with Gasteiger partial charge in [-0.15, -0.1) is 0 Å². The molecule has 1 aromatic carbocycles. The molecule has 0 fully saturated rings. The standard InChI is InChI=1S/C10H13N/c1-10(11)7-6-8-4-2-3-5-9(8)10/h2-5H,6-7,11H2,1H3/t10-/m1/s1. The summed E-state index contributed by atoms with van der Waals surface area (Å²) < 4.78 is 0. The molecule has 0 aliphatic heterocycles. The van der Waals surface area contributed by atoms with Gasteiger partial charge in [0.1, 0.15) is 0 Å². The second-order valence-corrected chi connectivity index (χ2v) is 3.57. The molecule has 2 N–H and O–H groups in total. The fraction of sp³-hybridized carbons (Fsp3) is 0.400. The molecule has 0 radical (unpaired) electrons. The quantitative estimate of drug-likeness (QED) is 0.595. The van der Waals surface area contributed by atoms with E-state index in [0.29, 0.717) is 0 Å². The van der Waals surface area contributed by atoms with Crippen molar-refractivity contribution in [1.29, 1.82) is 0 Å². The molecule has 0 amide bonds. The molecule has 1 aliphatic rings. The Morgan fingerprint density at radius 1 is 1.36 bits per heavy atom. The van der Waals surface area contributed by atoms with E-state index in [1.807, 2.05) is 0 Å². The molecule has 0 unspecified atom stereocenters. The van der Waals surface area contributed by atoms with E-state index in [2.05, 4.69) is 31.2 Å². The van der Waals surface area contributed by atoms with Crippen LogP contribution in [-0.2, 0) is 12.0 Å². The highest BCUT2D eigenvalue weighted by molar-refractivity contribution is 5.37. The third kappa shape index (κ3) is 0.962. The van der Waals surface area contributed by atoms with Crippen molar-refractivity contribution in [2.45, 2.75) is 25.3 Å². The second-order valence-electron chi connectivity index (χ2n) is 3.57. The lowest BCUT2D eigenvalue weighted by Crippen LogP contribution is -2.29. The Morgan fingerprint density at radius 3 is 2.82 bits per heavy atom. The summed E-state index contributed by atoms with van der Waals surface area (Å²) in [6, 6.07) is 8.46. The van der Waals surface area contributed by atoms with Crippen LogP contribution in [0.25, 0.3) is 0 Å². The fourth-order valence-corrected chi connectivity index (χ4v) is 1.82. The molecule has 11 heavy (non-hydrogen) atoms. The van der Waals surface area contributed by atoms with Gasteiger partial charge in [-0.25, -0.2) is 0 Å². The number of nitrogens with two attached hydrogens (primary N) is 1. The van der Waals surface area contributed by atoms with Crippen LogP contribution in [0.15, 0.2) is 24.3 Å². The molecule has 0 saturated heterocycles. The molecule has 0 heterocycles. The number of rotatable bonds is 0. The van der Waals surface area contributed by atoms with Crippen molar-refractivity contribution in [2.24, 2.45) is 5.73 Å². The molecule has 58 valence electrons. The van der Waals surface area contributed by atoms with E-state index < -0.39 is 0 Å². The molecule has 0 aromatic heterocycles. The first-order valence-corrected chi connectivity index (χ1v) is 4.07. The Balaban J connectivity index is 2.56. The minimum absolute atomic E-state index is 0.0728. The highest BCUT2D eigenvalue weighted by atomic mass is 14.7. The van der Waals surface area contributed by atoms with E-state index in [1.54, 1.807) is 0 Å². The van der Waals surface area contributed by atoms with E-state index in [-0.39, 0.29) is 5.54 Å². The van der Waals surface area contributed by atoms with Crippen LogP contribution in [0, 0.1) is 0 Å². The van der Waals surface area contributed by atoms with Crippen molar-refractivity contribution in [3.05, 3.63) is 35.4 Å². The maximum atomic E-state index is 6.09. The Hall–Kier alpha value is -0.820. The predicted molar refractivity (Wildman–Crippen MR) is 46.3 cm³/mol. The monoisotopic (exact) mass is 147 g/mol. The summed E-state index contributed by atoms with van der Waals surface area (Å²) in [5.74, 6) is 0.